The molecule has 0 saturated carbocycles. The molecular formula is C31H30N4O. The number of carbonyl (C=O) groups is 1. The van der Waals surface area contributed by atoms with Crippen LogP contribution in [0, 0.1) is 19.8 Å². The molecule has 5 aromatic rings. The first-order valence-corrected chi connectivity index (χ1v) is 12.6. The van der Waals surface area contributed by atoms with Gasteiger partial charge in [0.1, 0.15) is 5.82 Å². The smallest absolute Gasteiger partial charge is 0.253 e. The number of hydrogen-bond acceptors (Lipinski definition) is 2. The first-order chi connectivity index (χ1) is 17.5. The van der Waals surface area contributed by atoms with E-state index in [-0.39, 0.29) is 5.91 Å². The second-order valence-corrected chi connectivity index (χ2v) is 9.93. The zero-order valence-corrected chi connectivity index (χ0v) is 20.7. The summed E-state index contributed by atoms with van der Waals surface area (Å²) in [4.78, 5) is 20.9. The third-order valence-corrected chi connectivity index (χ3v) is 7.50. The minimum atomic E-state index is -0.0200. The molecule has 1 aliphatic heterocycles. The summed E-state index contributed by atoms with van der Waals surface area (Å²) in [7, 11) is 0. The predicted molar refractivity (Wildman–Crippen MR) is 145 cm³/mol. The van der Waals surface area contributed by atoms with Gasteiger partial charge in [-0.1, -0.05) is 60.7 Å². The topological polar surface area (TPSA) is 62.7 Å². The molecule has 0 radical (unpaired) electrons. The van der Waals surface area contributed by atoms with Gasteiger partial charge in [-0.05, 0) is 54.5 Å². The molecule has 3 heterocycles. The summed E-state index contributed by atoms with van der Waals surface area (Å²) in [6, 6.07) is 23.2. The van der Waals surface area contributed by atoms with Crippen LogP contribution in [0.4, 0.5) is 0 Å². The van der Waals surface area contributed by atoms with Crippen LogP contribution in [0.1, 0.15) is 33.7 Å². The van der Waals surface area contributed by atoms with Crippen molar-refractivity contribution in [2.24, 2.45) is 5.92 Å². The Balaban J connectivity index is 1.12. The number of hydrogen-bond donors (Lipinski definition) is 2. The van der Waals surface area contributed by atoms with E-state index in [0.29, 0.717) is 18.0 Å². The number of nitrogens with zero attached hydrogens (tertiary/aromatic N) is 2. The van der Waals surface area contributed by atoms with Gasteiger partial charge < -0.3 is 14.9 Å². The fourth-order valence-corrected chi connectivity index (χ4v) is 5.17. The summed E-state index contributed by atoms with van der Waals surface area (Å²) in [6.07, 6.45) is 5.91. The Kier molecular flexibility index (Phi) is 5.68. The van der Waals surface area contributed by atoms with Crippen molar-refractivity contribution in [2.45, 2.75) is 33.2 Å². The Morgan fingerprint density at radius 3 is 2.61 bits per heavy atom. The van der Waals surface area contributed by atoms with Crippen LogP contribution in [0.3, 0.4) is 0 Å². The molecule has 0 spiro atoms. The monoisotopic (exact) mass is 474 g/mol. The number of rotatable bonds is 5. The number of para-hydroxylation sites is 1. The van der Waals surface area contributed by atoms with Gasteiger partial charge in [0, 0.05) is 48.4 Å². The molecule has 0 fully saturated rings. The maximum atomic E-state index is 12.8. The summed E-state index contributed by atoms with van der Waals surface area (Å²) < 4.78 is 2.26. The van der Waals surface area contributed by atoms with Gasteiger partial charge in [0.25, 0.3) is 5.91 Å². The lowest BCUT2D eigenvalue weighted by molar-refractivity contribution is 0.0945. The lowest BCUT2D eigenvalue weighted by atomic mass is 9.99. The number of aromatic amines is 1. The number of aryl methyl sites for hydroxylation is 3. The third kappa shape index (κ3) is 4.22. The first-order valence-electron chi connectivity index (χ1n) is 12.6. The van der Waals surface area contributed by atoms with Gasteiger partial charge in [-0.25, -0.2) is 4.98 Å². The number of aromatic nitrogens is 3. The number of H-pyrrole nitrogens is 1. The summed E-state index contributed by atoms with van der Waals surface area (Å²) in [5.74, 6) is 1.50. The minimum Gasteiger partial charge on any atom is -0.360 e. The van der Waals surface area contributed by atoms with Crippen LogP contribution in [0.25, 0.3) is 33.3 Å². The van der Waals surface area contributed by atoms with Gasteiger partial charge in [0.15, 0.2) is 0 Å². The largest absolute Gasteiger partial charge is 0.360 e. The highest BCUT2D eigenvalue weighted by atomic mass is 16.1. The molecule has 2 aromatic heterocycles. The third-order valence-electron chi connectivity index (χ3n) is 7.50. The Bertz CT molecular complexity index is 1560. The molecule has 1 unspecified atom stereocenters. The molecule has 1 atom stereocenters. The van der Waals surface area contributed by atoms with Gasteiger partial charge in [0.2, 0.25) is 0 Å². The maximum absolute atomic E-state index is 12.8. The van der Waals surface area contributed by atoms with E-state index in [2.05, 4.69) is 77.4 Å². The van der Waals surface area contributed by atoms with E-state index in [1.807, 2.05) is 24.3 Å². The van der Waals surface area contributed by atoms with Crippen LogP contribution in [0.2, 0.25) is 0 Å². The summed E-state index contributed by atoms with van der Waals surface area (Å²) >= 11 is 0. The molecule has 180 valence electrons. The molecule has 36 heavy (non-hydrogen) atoms. The van der Waals surface area contributed by atoms with Gasteiger partial charge in [-0.15, -0.1) is 0 Å². The molecule has 3 aromatic carbocycles. The van der Waals surface area contributed by atoms with E-state index < -0.39 is 0 Å². The van der Waals surface area contributed by atoms with Crippen molar-refractivity contribution in [3.8, 4) is 22.4 Å². The maximum Gasteiger partial charge on any atom is 0.253 e. The zero-order chi connectivity index (χ0) is 24.6. The standard InChI is InChI=1S/C31H30N4O/c1-20-7-9-25(15-21(20)2)23-10-12-24(13-11-23)29-19-35-18-22(8-14-30(35)34-29)16-33-31(36)27-17-32-28-6-4-3-5-26(27)28/h3-7,9-13,15,17,19,22,32H,8,14,16,18H2,1-2H3,(H,33,36). The van der Waals surface area contributed by atoms with Crippen molar-refractivity contribution in [3.05, 3.63) is 102 Å². The lowest BCUT2D eigenvalue weighted by Crippen LogP contribution is -2.33. The van der Waals surface area contributed by atoms with Gasteiger partial charge in [-0.3, -0.25) is 4.79 Å². The summed E-state index contributed by atoms with van der Waals surface area (Å²) in [6.45, 7) is 5.84. The molecule has 0 saturated heterocycles. The minimum absolute atomic E-state index is 0.0200. The average Bonchev–Trinajstić information content (AvgIpc) is 3.53. The van der Waals surface area contributed by atoms with Crippen LogP contribution in [0.15, 0.2) is 79.1 Å². The normalized spacial score (nSPS) is 15.1. The quantitative estimate of drug-likeness (QED) is 0.314. The molecule has 1 aliphatic rings. The van der Waals surface area contributed by atoms with Crippen LogP contribution >= 0.6 is 0 Å². The van der Waals surface area contributed by atoms with E-state index >= 15 is 0 Å². The first kappa shape index (κ1) is 22.4. The number of amides is 1. The van der Waals surface area contributed by atoms with Gasteiger partial charge in [0.05, 0.1) is 11.3 Å². The van der Waals surface area contributed by atoms with Crippen molar-refractivity contribution < 1.29 is 4.79 Å². The highest BCUT2D eigenvalue weighted by Crippen LogP contribution is 2.28. The van der Waals surface area contributed by atoms with E-state index in [0.717, 1.165) is 47.4 Å². The Hall–Kier alpha value is -4.12. The van der Waals surface area contributed by atoms with Crippen molar-refractivity contribution in [1.82, 2.24) is 19.9 Å². The summed E-state index contributed by atoms with van der Waals surface area (Å²) in [5.41, 5.74) is 8.92. The lowest BCUT2D eigenvalue weighted by Gasteiger charge is -2.23. The van der Waals surface area contributed by atoms with Crippen LogP contribution < -0.4 is 5.32 Å². The summed E-state index contributed by atoms with van der Waals surface area (Å²) in [5, 5.41) is 4.11. The highest BCUT2D eigenvalue weighted by Gasteiger charge is 2.22. The number of imidazole rings is 1. The average molecular weight is 475 g/mol. The SMILES string of the molecule is Cc1ccc(-c2ccc(-c3cn4c(n3)CCC(CNC(=O)c3c[nH]c5ccccc35)C4)cc2)cc1C. The number of carbonyl (C=O) groups excluding carboxylic acids is 1. The fourth-order valence-electron chi connectivity index (χ4n) is 5.17. The van der Waals surface area contributed by atoms with Crippen molar-refractivity contribution in [3.63, 3.8) is 0 Å². The van der Waals surface area contributed by atoms with E-state index in [4.69, 9.17) is 4.98 Å². The van der Waals surface area contributed by atoms with Crippen LogP contribution in [0.5, 0.6) is 0 Å². The molecule has 0 bridgehead atoms. The van der Waals surface area contributed by atoms with Crippen LogP contribution in [-0.4, -0.2) is 27.0 Å². The highest BCUT2D eigenvalue weighted by molar-refractivity contribution is 6.06. The van der Waals surface area contributed by atoms with E-state index in [9.17, 15) is 4.79 Å². The molecule has 6 rings (SSSR count). The predicted octanol–water partition coefficient (Wildman–Crippen LogP) is 6.31. The number of benzene rings is 3. The molecular weight excluding hydrogens is 444 g/mol. The van der Waals surface area contributed by atoms with Crippen molar-refractivity contribution >= 4 is 16.8 Å². The number of fused-ring (bicyclic) bond motifs is 2. The molecule has 1 amide bonds. The zero-order valence-electron chi connectivity index (χ0n) is 20.7. The van der Waals surface area contributed by atoms with Gasteiger partial charge in [-0.2, -0.15) is 0 Å². The van der Waals surface area contributed by atoms with E-state index in [1.165, 1.54) is 22.3 Å². The van der Waals surface area contributed by atoms with E-state index in [1.54, 1.807) is 6.20 Å². The molecule has 0 aliphatic carbocycles. The van der Waals surface area contributed by atoms with Crippen molar-refractivity contribution in [2.75, 3.05) is 6.54 Å². The fraction of sp³-hybridized carbons (Fsp3) is 0.226. The Morgan fingerprint density at radius 1 is 1.00 bits per heavy atom. The Morgan fingerprint density at radius 2 is 1.78 bits per heavy atom. The molecule has 2 N–H and O–H groups in total. The van der Waals surface area contributed by atoms with Crippen molar-refractivity contribution in [1.29, 1.82) is 0 Å². The van der Waals surface area contributed by atoms with Gasteiger partial charge >= 0.3 is 0 Å². The Labute approximate surface area is 211 Å². The van der Waals surface area contributed by atoms with Crippen LogP contribution in [-0.2, 0) is 13.0 Å². The number of nitrogens with one attached hydrogen (secondary N) is 2. The molecule has 5 nitrogen and oxygen atoms in total. The second-order valence-electron chi connectivity index (χ2n) is 9.93. The molecule has 5 heteroatoms. The second kappa shape index (κ2) is 9.15.